The maximum atomic E-state index is 6.11. The average Bonchev–Trinajstić information content (AvgIpc) is 2.76. The molecule has 1 aromatic carbocycles. The van der Waals surface area contributed by atoms with E-state index in [1.54, 1.807) is 0 Å². The number of alkyl halides is 1. The molecule has 0 saturated carbocycles. The summed E-state index contributed by atoms with van der Waals surface area (Å²) >= 11 is 9.70. The summed E-state index contributed by atoms with van der Waals surface area (Å²) in [6.45, 7) is 4.89. The second-order valence-corrected chi connectivity index (χ2v) is 6.54. The molecule has 1 atom stereocenters. The predicted molar refractivity (Wildman–Crippen MR) is 85.5 cm³/mol. The Labute approximate surface area is 128 Å². The molecule has 0 radical (unpaired) electrons. The summed E-state index contributed by atoms with van der Waals surface area (Å²) in [5.74, 6) is 0. The lowest BCUT2D eigenvalue weighted by Gasteiger charge is -2.29. The molecule has 4 heteroatoms. The summed E-state index contributed by atoms with van der Waals surface area (Å²) in [5, 5.41) is 1.70. The molecule has 2 aliphatic rings. The molecule has 0 aliphatic carbocycles. The number of rotatable bonds is 2. The van der Waals surface area contributed by atoms with E-state index in [0.29, 0.717) is 0 Å². The number of benzene rings is 1. The van der Waals surface area contributed by atoms with E-state index in [0.717, 1.165) is 22.9 Å². The highest BCUT2D eigenvalue weighted by Gasteiger charge is 2.29. The van der Waals surface area contributed by atoms with Gasteiger partial charge in [0.2, 0.25) is 0 Å². The normalized spacial score (nSPS) is 24.3. The van der Waals surface area contributed by atoms with Crippen molar-refractivity contribution in [1.82, 2.24) is 4.90 Å². The van der Waals surface area contributed by atoms with E-state index in [9.17, 15) is 0 Å². The van der Waals surface area contributed by atoms with Gasteiger partial charge >= 0.3 is 0 Å². The molecule has 0 amide bonds. The van der Waals surface area contributed by atoms with Gasteiger partial charge in [-0.25, -0.2) is 0 Å². The summed E-state index contributed by atoms with van der Waals surface area (Å²) < 4.78 is 0. The minimum Gasteiger partial charge on any atom is -0.370 e. The average molecular weight is 344 g/mol. The molecule has 3 rings (SSSR count). The molecule has 2 aliphatic heterocycles. The highest BCUT2D eigenvalue weighted by atomic mass is 79.9. The Morgan fingerprint density at radius 2 is 2.05 bits per heavy atom. The summed E-state index contributed by atoms with van der Waals surface area (Å²) in [6, 6.07) is 7.04. The standard InChI is InChI=1S/C15H20BrClN2/c16-10-12-9-13(17)4-5-15(12)19-8-2-7-18-6-1-3-14(18)11-19/h4-5,9,14H,1-3,6-8,10-11H2. The van der Waals surface area contributed by atoms with Crippen LogP contribution in [0.4, 0.5) is 5.69 Å². The zero-order valence-corrected chi connectivity index (χ0v) is 13.5. The Morgan fingerprint density at radius 3 is 2.89 bits per heavy atom. The molecule has 2 saturated heterocycles. The third kappa shape index (κ3) is 2.93. The van der Waals surface area contributed by atoms with E-state index >= 15 is 0 Å². The lowest BCUT2D eigenvalue weighted by Crippen LogP contribution is -2.36. The Balaban J connectivity index is 1.84. The second-order valence-electron chi connectivity index (χ2n) is 5.54. The lowest BCUT2D eigenvalue weighted by atomic mass is 10.1. The van der Waals surface area contributed by atoms with Gasteiger partial charge in [0.1, 0.15) is 0 Å². The molecular weight excluding hydrogens is 324 g/mol. The molecule has 0 spiro atoms. The Hall–Kier alpha value is -0.250. The van der Waals surface area contributed by atoms with E-state index in [1.807, 2.05) is 6.07 Å². The monoisotopic (exact) mass is 342 g/mol. The van der Waals surface area contributed by atoms with Crippen LogP contribution in [0.1, 0.15) is 24.8 Å². The van der Waals surface area contributed by atoms with Gasteiger partial charge in [0, 0.05) is 41.7 Å². The van der Waals surface area contributed by atoms with Gasteiger partial charge in [0.05, 0.1) is 0 Å². The van der Waals surface area contributed by atoms with Crippen LogP contribution in [-0.2, 0) is 5.33 Å². The van der Waals surface area contributed by atoms with Crippen molar-refractivity contribution in [2.75, 3.05) is 31.1 Å². The first-order valence-corrected chi connectivity index (χ1v) is 8.61. The number of fused-ring (bicyclic) bond motifs is 1. The van der Waals surface area contributed by atoms with Gasteiger partial charge in [-0.3, -0.25) is 4.90 Å². The topological polar surface area (TPSA) is 6.48 Å². The van der Waals surface area contributed by atoms with Gasteiger partial charge in [-0.1, -0.05) is 27.5 Å². The van der Waals surface area contributed by atoms with E-state index < -0.39 is 0 Å². The molecular formula is C15H20BrClN2. The highest BCUT2D eigenvalue weighted by Crippen LogP contribution is 2.30. The number of hydrogen-bond donors (Lipinski definition) is 0. The van der Waals surface area contributed by atoms with Crippen LogP contribution in [0.5, 0.6) is 0 Å². The maximum Gasteiger partial charge on any atom is 0.0410 e. The lowest BCUT2D eigenvalue weighted by molar-refractivity contribution is 0.273. The zero-order valence-electron chi connectivity index (χ0n) is 11.1. The molecule has 0 N–H and O–H groups in total. The van der Waals surface area contributed by atoms with Gasteiger partial charge in [0.15, 0.2) is 0 Å². The summed E-state index contributed by atoms with van der Waals surface area (Å²) in [5.41, 5.74) is 2.66. The van der Waals surface area contributed by atoms with Crippen molar-refractivity contribution in [3.63, 3.8) is 0 Å². The first kappa shape index (κ1) is 13.7. The quantitative estimate of drug-likeness (QED) is 0.751. The predicted octanol–water partition coefficient (Wildman–Crippen LogP) is 3.91. The minimum atomic E-state index is 0.751. The van der Waals surface area contributed by atoms with E-state index in [-0.39, 0.29) is 0 Å². The van der Waals surface area contributed by atoms with Crippen molar-refractivity contribution in [3.05, 3.63) is 28.8 Å². The molecule has 2 nitrogen and oxygen atoms in total. The van der Waals surface area contributed by atoms with Crippen LogP contribution in [0.15, 0.2) is 18.2 Å². The molecule has 1 unspecified atom stereocenters. The molecule has 0 bridgehead atoms. The van der Waals surface area contributed by atoms with Gasteiger partial charge in [0.25, 0.3) is 0 Å². The van der Waals surface area contributed by atoms with Gasteiger partial charge in [-0.2, -0.15) is 0 Å². The van der Waals surface area contributed by atoms with Crippen LogP contribution in [-0.4, -0.2) is 37.1 Å². The van der Waals surface area contributed by atoms with Crippen LogP contribution >= 0.6 is 27.5 Å². The van der Waals surface area contributed by atoms with Crippen LogP contribution < -0.4 is 4.90 Å². The fourth-order valence-corrected chi connectivity index (χ4v) is 4.04. The summed E-state index contributed by atoms with van der Waals surface area (Å²) in [7, 11) is 0. The zero-order chi connectivity index (χ0) is 13.2. The first-order valence-electron chi connectivity index (χ1n) is 7.11. The molecule has 1 aromatic rings. The van der Waals surface area contributed by atoms with Crippen molar-refractivity contribution >= 4 is 33.2 Å². The molecule has 2 fully saturated rings. The largest absolute Gasteiger partial charge is 0.370 e. The highest BCUT2D eigenvalue weighted by molar-refractivity contribution is 9.08. The summed E-state index contributed by atoms with van der Waals surface area (Å²) in [4.78, 5) is 5.23. The van der Waals surface area contributed by atoms with Crippen molar-refractivity contribution in [2.24, 2.45) is 0 Å². The smallest absolute Gasteiger partial charge is 0.0410 e. The van der Waals surface area contributed by atoms with Crippen molar-refractivity contribution < 1.29 is 0 Å². The first-order chi connectivity index (χ1) is 9.28. The maximum absolute atomic E-state index is 6.11. The summed E-state index contributed by atoms with van der Waals surface area (Å²) in [6.07, 6.45) is 3.99. The van der Waals surface area contributed by atoms with Gasteiger partial charge in [-0.05, 0) is 49.6 Å². The Kier molecular flexibility index (Phi) is 4.35. The van der Waals surface area contributed by atoms with Gasteiger partial charge in [-0.15, -0.1) is 0 Å². The number of hydrogen-bond acceptors (Lipinski definition) is 2. The van der Waals surface area contributed by atoms with Crippen LogP contribution in [0, 0.1) is 0 Å². The van der Waals surface area contributed by atoms with E-state index in [1.165, 1.54) is 50.1 Å². The van der Waals surface area contributed by atoms with Crippen molar-refractivity contribution in [3.8, 4) is 0 Å². The van der Waals surface area contributed by atoms with Crippen LogP contribution in [0.3, 0.4) is 0 Å². The van der Waals surface area contributed by atoms with Crippen LogP contribution in [0.25, 0.3) is 0 Å². The van der Waals surface area contributed by atoms with Crippen LogP contribution in [0.2, 0.25) is 5.02 Å². The molecule has 19 heavy (non-hydrogen) atoms. The fraction of sp³-hybridized carbons (Fsp3) is 0.600. The number of anilines is 1. The number of halogens is 2. The molecule has 2 heterocycles. The molecule has 104 valence electrons. The fourth-order valence-electron chi connectivity index (χ4n) is 3.40. The number of nitrogens with zero attached hydrogens (tertiary/aromatic N) is 2. The third-order valence-corrected chi connectivity index (χ3v) is 5.17. The SMILES string of the molecule is Clc1ccc(N2CCCN3CCCC3C2)c(CBr)c1. The van der Waals surface area contributed by atoms with E-state index in [2.05, 4.69) is 37.9 Å². The third-order valence-electron chi connectivity index (χ3n) is 4.33. The second kappa shape index (κ2) is 6.02. The minimum absolute atomic E-state index is 0.751. The van der Waals surface area contributed by atoms with Crippen molar-refractivity contribution in [1.29, 1.82) is 0 Å². The molecule has 0 aromatic heterocycles. The van der Waals surface area contributed by atoms with Crippen molar-refractivity contribution in [2.45, 2.75) is 30.6 Å². The Morgan fingerprint density at radius 1 is 1.21 bits per heavy atom. The van der Waals surface area contributed by atoms with E-state index in [4.69, 9.17) is 11.6 Å². The van der Waals surface area contributed by atoms with Gasteiger partial charge < -0.3 is 4.90 Å². The Bertz CT molecular complexity index is 452.